The molecule has 0 radical (unpaired) electrons. The van der Waals surface area contributed by atoms with Crippen LogP contribution in [0, 0.1) is 12.7 Å². The largest absolute Gasteiger partial charge is 0.446 e. The molecule has 1 heterocycles. The van der Waals surface area contributed by atoms with Crippen LogP contribution in [0.4, 0.5) is 4.39 Å². The summed E-state index contributed by atoms with van der Waals surface area (Å²) >= 11 is 0. The highest BCUT2D eigenvalue weighted by atomic mass is 32.2. The number of halogens is 1. The molecule has 3 rings (SSSR count). The highest BCUT2D eigenvalue weighted by Gasteiger charge is 2.20. The van der Waals surface area contributed by atoms with E-state index in [1.54, 1.807) is 24.3 Å². The molecule has 1 aliphatic rings. The Balaban J connectivity index is 2.01. The fourth-order valence-corrected chi connectivity index (χ4v) is 3.69. The van der Waals surface area contributed by atoms with Gasteiger partial charge in [-0.05, 0) is 54.8 Å². The van der Waals surface area contributed by atoms with Crippen LogP contribution in [0.15, 0.2) is 57.5 Å². The summed E-state index contributed by atoms with van der Waals surface area (Å²) in [5, 5.41) is 0. The van der Waals surface area contributed by atoms with Crippen molar-refractivity contribution in [3.63, 3.8) is 0 Å². The molecule has 136 valence electrons. The first kappa shape index (κ1) is 18.3. The van der Waals surface area contributed by atoms with Crippen LogP contribution in [-0.4, -0.2) is 14.3 Å². The Labute approximate surface area is 153 Å². The molecule has 0 amide bonds. The van der Waals surface area contributed by atoms with Crippen LogP contribution in [0.1, 0.15) is 36.5 Å². The number of nitrogens with zero attached hydrogens (tertiary/aromatic N) is 1. The van der Waals surface area contributed by atoms with Crippen LogP contribution in [-0.2, 0) is 21.2 Å². The number of allylic oxidation sites excluding steroid dienone is 1. The summed E-state index contributed by atoms with van der Waals surface area (Å²) in [6.07, 6.45) is 3.36. The predicted octanol–water partition coefficient (Wildman–Crippen LogP) is 4.64. The fraction of sp³-hybridized carbons (Fsp3) is 0.250. The Hall–Kier alpha value is -2.47. The molecule has 0 N–H and O–H groups in total. The molecule has 0 saturated heterocycles. The van der Waals surface area contributed by atoms with Gasteiger partial charge in [-0.2, -0.15) is 8.42 Å². The van der Waals surface area contributed by atoms with Gasteiger partial charge in [-0.25, -0.2) is 4.39 Å². The van der Waals surface area contributed by atoms with Crippen molar-refractivity contribution in [1.82, 2.24) is 0 Å². The van der Waals surface area contributed by atoms with Gasteiger partial charge in [0.05, 0.1) is 11.3 Å². The van der Waals surface area contributed by atoms with Crippen LogP contribution in [0.2, 0.25) is 0 Å². The highest BCUT2D eigenvalue weighted by Crippen LogP contribution is 2.25. The van der Waals surface area contributed by atoms with Crippen molar-refractivity contribution in [2.45, 2.75) is 38.0 Å². The van der Waals surface area contributed by atoms with E-state index in [1.807, 2.05) is 13.8 Å². The van der Waals surface area contributed by atoms with Gasteiger partial charge >= 0.3 is 0 Å². The molecule has 4 nitrogen and oxygen atoms in total. The first-order valence-electron chi connectivity index (χ1n) is 8.45. The molecule has 2 aromatic carbocycles. The maximum atomic E-state index is 13.6. The summed E-state index contributed by atoms with van der Waals surface area (Å²) in [5.41, 5.74) is 2.42. The second kappa shape index (κ2) is 7.41. The van der Waals surface area contributed by atoms with Gasteiger partial charge in [-0.3, -0.25) is 0 Å². The van der Waals surface area contributed by atoms with E-state index in [9.17, 15) is 12.8 Å². The summed E-state index contributed by atoms with van der Waals surface area (Å²) < 4.78 is 48.5. The van der Waals surface area contributed by atoms with Crippen molar-refractivity contribution < 1.29 is 17.5 Å². The summed E-state index contributed by atoms with van der Waals surface area (Å²) in [4.78, 5) is 0.115. The van der Waals surface area contributed by atoms with Crippen molar-refractivity contribution in [3.05, 3.63) is 70.7 Å². The van der Waals surface area contributed by atoms with E-state index in [0.29, 0.717) is 17.7 Å². The van der Waals surface area contributed by atoms with Crippen LogP contribution in [0.3, 0.4) is 0 Å². The monoisotopic (exact) mass is 373 g/mol. The number of rotatable bonds is 4. The van der Waals surface area contributed by atoms with Crippen LogP contribution >= 0.6 is 0 Å². The third-order valence-corrected chi connectivity index (χ3v) is 5.36. The fourth-order valence-electron chi connectivity index (χ4n) is 2.73. The lowest BCUT2D eigenvalue weighted by atomic mass is 10.0. The normalized spacial score (nSPS) is 15.8. The number of aryl methyl sites for hydroxylation is 1. The Bertz CT molecular complexity index is 977. The van der Waals surface area contributed by atoms with Gasteiger partial charge in [-0.1, -0.05) is 30.7 Å². The van der Waals surface area contributed by atoms with E-state index in [0.717, 1.165) is 17.5 Å². The number of sulfonamides is 1. The summed E-state index contributed by atoms with van der Waals surface area (Å²) in [6.45, 7) is 3.87. The lowest BCUT2D eigenvalue weighted by Crippen LogP contribution is -2.11. The van der Waals surface area contributed by atoms with Crippen LogP contribution in [0.25, 0.3) is 6.08 Å². The maximum Gasteiger partial charge on any atom is 0.285 e. The van der Waals surface area contributed by atoms with E-state index in [2.05, 4.69) is 4.40 Å². The minimum absolute atomic E-state index is 0.0932. The average Bonchev–Trinajstić information content (AvgIpc) is 2.73. The zero-order valence-corrected chi connectivity index (χ0v) is 15.5. The van der Waals surface area contributed by atoms with Crippen molar-refractivity contribution in [2.24, 2.45) is 4.40 Å². The number of fused-ring (bicyclic) bond motifs is 1. The second-order valence-corrected chi connectivity index (χ2v) is 7.86. The molecule has 0 unspecified atom stereocenters. The molecule has 6 heteroatoms. The molecular formula is C20H20FNO3S. The van der Waals surface area contributed by atoms with Crippen molar-refractivity contribution in [1.29, 1.82) is 0 Å². The van der Waals surface area contributed by atoms with E-state index < -0.39 is 10.0 Å². The molecule has 0 fully saturated rings. The number of benzene rings is 2. The number of ether oxygens (including phenoxy) is 1. The van der Waals surface area contributed by atoms with Crippen LogP contribution < -0.4 is 0 Å². The quantitative estimate of drug-likeness (QED) is 0.785. The molecule has 1 aliphatic heterocycles. The topological polar surface area (TPSA) is 55.7 Å². The third-order valence-electron chi connectivity index (χ3n) is 4.05. The minimum Gasteiger partial charge on any atom is -0.446 e. The molecule has 0 aromatic heterocycles. The molecule has 0 aliphatic carbocycles. The zero-order valence-electron chi connectivity index (χ0n) is 14.7. The number of hydrogen-bond donors (Lipinski definition) is 0. The Morgan fingerprint density at radius 1 is 1.15 bits per heavy atom. The van der Waals surface area contributed by atoms with Gasteiger partial charge in [0.1, 0.15) is 11.6 Å². The molecule has 0 saturated carbocycles. The van der Waals surface area contributed by atoms with Crippen molar-refractivity contribution >= 4 is 22.0 Å². The van der Waals surface area contributed by atoms with Gasteiger partial charge in [0.15, 0.2) is 0 Å². The maximum absolute atomic E-state index is 13.6. The lowest BCUT2D eigenvalue weighted by molar-refractivity contribution is 0.391. The number of hydrogen-bond acceptors (Lipinski definition) is 3. The standard InChI is InChI=1S/C20H20FNO3S/c1-3-4-18-12-16-11-17(21)8-7-15(16)13-20(25-18)22-26(23,24)19-9-5-14(2)6-10-19/h5-12H,3-4,13H2,1-2H3/b22-20+. The second-order valence-electron chi connectivity index (χ2n) is 6.26. The summed E-state index contributed by atoms with van der Waals surface area (Å²) in [7, 11) is -3.88. The SMILES string of the molecule is CCCC1=Cc2cc(F)ccc2C/C(=N\S(=O)(=O)c2ccc(C)cc2)O1. The van der Waals surface area contributed by atoms with Gasteiger partial charge in [-0.15, -0.1) is 4.40 Å². The highest BCUT2D eigenvalue weighted by molar-refractivity contribution is 7.90. The molecule has 0 atom stereocenters. The van der Waals surface area contributed by atoms with E-state index in [1.165, 1.54) is 24.3 Å². The van der Waals surface area contributed by atoms with E-state index in [-0.39, 0.29) is 23.0 Å². The molecule has 0 spiro atoms. The summed E-state index contributed by atoms with van der Waals surface area (Å²) in [6, 6.07) is 10.9. The van der Waals surface area contributed by atoms with Gasteiger partial charge in [0.25, 0.3) is 10.0 Å². The first-order chi connectivity index (χ1) is 12.4. The van der Waals surface area contributed by atoms with E-state index >= 15 is 0 Å². The molecule has 2 aromatic rings. The van der Waals surface area contributed by atoms with Crippen molar-refractivity contribution in [2.75, 3.05) is 0 Å². The molecule has 26 heavy (non-hydrogen) atoms. The Morgan fingerprint density at radius 3 is 2.58 bits per heavy atom. The molecular weight excluding hydrogens is 353 g/mol. The lowest BCUT2D eigenvalue weighted by Gasteiger charge is -2.09. The zero-order chi connectivity index (χ0) is 18.7. The smallest absolute Gasteiger partial charge is 0.285 e. The van der Waals surface area contributed by atoms with Crippen molar-refractivity contribution in [3.8, 4) is 0 Å². The summed E-state index contributed by atoms with van der Waals surface area (Å²) in [5.74, 6) is 0.328. The van der Waals surface area contributed by atoms with Crippen LogP contribution in [0.5, 0.6) is 0 Å². The van der Waals surface area contributed by atoms with E-state index in [4.69, 9.17) is 4.74 Å². The third kappa shape index (κ3) is 4.19. The van der Waals surface area contributed by atoms with Gasteiger partial charge in [0.2, 0.25) is 5.90 Å². The van der Waals surface area contributed by atoms with Gasteiger partial charge in [0, 0.05) is 6.42 Å². The molecule has 0 bridgehead atoms. The average molecular weight is 373 g/mol. The Kier molecular flexibility index (Phi) is 5.23. The Morgan fingerprint density at radius 2 is 1.88 bits per heavy atom. The first-order valence-corrected chi connectivity index (χ1v) is 9.89. The minimum atomic E-state index is -3.88. The van der Waals surface area contributed by atoms with Gasteiger partial charge < -0.3 is 4.74 Å². The predicted molar refractivity (Wildman–Crippen MR) is 99.9 cm³/mol.